The maximum absolute atomic E-state index is 11.8. The maximum Gasteiger partial charge on any atom is 0.334 e. The standard InChI is InChI=1S/C9H15NO9S2/c1-17-8(12)9(5-18-20(2,13)14)4-6(7(11)10-9)19-21(3,15)16/h6H,4-5H2,1-3H3,(H,10,11)/t6-,9-/m0/s1. The fourth-order valence-corrected chi connectivity index (χ4v) is 2.75. The number of esters is 1. The van der Waals surface area contributed by atoms with Crippen LogP contribution >= 0.6 is 0 Å². The minimum atomic E-state index is -3.94. The molecule has 0 bridgehead atoms. The van der Waals surface area contributed by atoms with Crippen molar-refractivity contribution in [2.75, 3.05) is 26.2 Å². The predicted octanol–water partition coefficient (Wildman–Crippen LogP) is -2.26. The summed E-state index contributed by atoms with van der Waals surface area (Å²) in [5, 5.41) is 2.17. The highest BCUT2D eigenvalue weighted by atomic mass is 32.2. The Morgan fingerprint density at radius 3 is 2.29 bits per heavy atom. The van der Waals surface area contributed by atoms with E-state index in [0.717, 1.165) is 19.6 Å². The first-order chi connectivity index (χ1) is 9.38. The van der Waals surface area contributed by atoms with Crippen molar-refractivity contribution in [3.63, 3.8) is 0 Å². The fourth-order valence-electron chi connectivity index (χ4n) is 1.76. The molecule has 1 heterocycles. The van der Waals surface area contributed by atoms with E-state index in [2.05, 4.69) is 18.4 Å². The third-order valence-electron chi connectivity index (χ3n) is 2.58. The Balaban J connectivity index is 3.01. The number of carbonyl (C=O) groups excluding carboxylic acids is 2. The second-order valence-corrected chi connectivity index (χ2v) is 7.77. The van der Waals surface area contributed by atoms with Crippen LogP contribution in [0.5, 0.6) is 0 Å². The van der Waals surface area contributed by atoms with Gasteiger partial charge in [0.25, 0.3) is 26.1 Å². The van der Waals surface area contributed by atoms with Gasteiger partial charge in [-0.1, -0.05) is 0 Å². The number of carbonyl (C=O) groups is 2. The van der Waals surface area contributed by atoms with Crippen LogP contribution in [0.15, 0.2) is 0 Å². The van der Waals surface area contributed by atoms with Crippen molar-refractivity contribution in [3.8, 4) is 0 Å². The van der Waals surface area contributed by atoms with E-state index in [1.165, 1.54) is 0 Å². The summed E-state index contributed by atoms with van der Waals surface area (Å²) in [6.07, 6.45) is -0.409. The van der Waals surface area contributed by atoms with Crippen molar-refractivity contribution in [1.29, 1.82) is 0 Å². The summed E-state index contributed by atoms with van der Waals surface area (Å²) < 4.78 is 57.7. The number of hydrogen-bond acceptors (Lipinski definition) is 9. The number of ether oxygens (including phenoxy) is 1. The molecule has 122 valence electrons. The molecule has 12 heteroatoms. The first-order valence-electron chi connectivity index (χ1n) is 5.52. The van der Waals surface area contributed by atoms with Crippen LogP contribution in [0.1, 0.15) is 6.42 Å². The Kier molecular flexibility index (Phi) is 4.98. The second-order valence-electron chi connectivity index (χ2n) is 4.52. The van der Waals surface area contributed by atoms with Crippen LogP contribution in [0.25, 0.3) is 0 Å². The molecule has 1 saturated heterocycles. The van der Waals surface area contributed by atoms with Crippen LogP contribution in [-0.2, 0) is 42.9 Å². The molecule has 10 nitrogen and oxygen atoms in total. The van der Waals surface area contributed by atoms with Gasteiger partial charge in [0.15, 0.2) is 11.6 Å². The van der Waals surface area contributed by atoms with Gasteiger partial charge in [0.2, 0.25) is 0 Å². The monoisotopic (exact) mass is 345 g/mol. The molecule has 0 aromatic heterocycles. The van der Waals surface area contributed by atoms with Crippen LogP contribution in [0.2, 0.25) is 0 Å². The molecule has 0 aliphatic carbocycles. The molecule has 0 aromatic carbocycles. The maximum atomic E-state index is 11.8. The van der Waals surface area contributed by atoms with Crippen LogP contribution in [0.3, 0.4) is 0 Å². The Hall–Kier alpha value is -1.24. The number of rotatable bonds is 6. The van der Waals surface area contributed by atoms with E-state index in [9.17, 15) is 26.4 Å². The van der Waals surface area contributed by atoms with Crippen molar-refractivity contribution < 1.29 is 39.5 Å². The van der Waals surface area contributed by atoms with Crippen LogP contribution in [0.4, 0.5) is 0 Å². The number of hydrogen-bond donors (Lipinski definition) is 1. The third kappa shape index (κ3) is 4.91. The minimum Gasteiger partial charge on any atom is -0.467 e. The molecule has 21 heavy (non-hydrogen) atoms. The summed E-state index contributed by atoms with van der Waals surface area (Å²) >= 11 is 0. The molecule has 0 spiro atoms. The summed E-state index contributed by atoms with van der Waals surface area (Å²) in [7, 11) is -6.79. The Morgan fingerprint density at radius 1 is 1.29 bits per heavy atom. The van der Waals surface area contributed by atoms with Crippen molar-refractivity contribution in [2.45, 2.75) is 18.1 Å². The quantitative estimate of drug-likeness (QED) is 0.417. The van der Waals surface area contributed by atoms with Crippen LogP contribution in [0, 0.1) is 0 Å². The number of nitrogens with one attached hydrogen (secondary N) is 1. The highest BCUT2D eigenvalue weighted by molar-refractivity contribution is 7.86. The van der Waals surface area contributed by atoms with Gasteiger partial charge in [-0.15, -0.1) is 0 Å². The zero-order valence-corrected chi connectivity index (χ0v) is 13.1. The van der Waals surface area contributed by atoms with Crippen LogP contribution < -0.4 is 5.32 Å². The van der Waals surface area contributed by atoms with E-state index in [4.69, 9.17) is 0 Å². The molecule has 1 rings (SSSR count). The van der Waals surface area contributed by atoms with Gasteiger partial charge in [-0.25, -0.2) is 4.79 Å². The van der Waals surface area contributed by atoms with Crippen molar-refractivity contribution in [1.82, 2.24) is 5.32 Å². The average molecular weight is 345 g/mol. The highest BCUT2D eigenvalue weighted by Crippen LogP contribution is 2.26. The number of amides is 1. The van der Waals surface area contributed by atoms with E-state index in [1.807, 2.05) is 0 Å². The summed E-state index contributed by atoms with van der Waals surface area (Å²) in [6.45, 7) is -0.728. The van der Waals surface area contributed by atoms with E-state index in [0.29, 0.717) is 0 Å². The largest absolute Gasteiger partial charge is 0.467 e. The van der Waals surface area contributed by atoms with Gasteiger partial charge in [0.05, 0.1) is 19.6 Å². The average Bonchev–Trinajstić information content (AvgIpc) is 2.61. The lowest BCUT2D eigenvalue weighted by atomic mass is 9.98. The molecule has 1 N–H and O–H groups in total. The zero-order chi connectivity index (χ0) is 16.5. The first-order valence-corrected chi connectivity index (χ1v) is 9.15. The fraction of sp³-hybridized carbons (Fsp3) is 0.778. The Labute approximate surface area is 122 Å². The number of methoxy groups -OCH3 is 1. The molecular weight excluding hydrogens is 330 g/mol. The van der Waals surface area contributed by atoms with Crippen molar-refractivity contribution in [2.24, 2.45) is 0 Å². The van der Waals surface area contributed by atoms with Gasteiger partial charge in [-0.2, -0.15) is 16.8 Å². The van der Waals surface area contributed by atoms with Gasteiger partial charge in [-0.05, 0) is 0 Å². The summed E-state index contributed by atoms with van der Waals surface area (Å²) in [6, 6.07) is 0. The smallest absolute Gasteiger partial charge is 0.334 e. The molecule has 0 saturated carbocycles. The normalized spacial score (nSPS) is 26.4. The van der Waals surface area contributed by atoms with Gasteiger partial charge in [0, 0.05) is 6.42 Å². The van der Waals surface area contributed by atoms with E-state index in [-0.39, 0.29) is 0 Å². The van der Waals surface area contributed by atoms with Gasteiger partial charge in [-0.3, -0.25) is 13.2 Å². The van der Waals surface area contributed by atoms with Crippen LogP contribution in [-0.4, -0.2) is 66.6 Å². The van der Waals surface area contributed by atoms with Crippen molar-refractivity contribution in [3.05, 3.63) is 0 Å². The zero-order valence-electron chi connectivity index (χ0n) is 11.5. The van der Waals surface area contributed by atoms with Gasteiger partial charge >= 0.3 is 5.97 Å². The van der Waals surface area contributed by atoms with E-state index >= 15 is 0 Å². The summed E-state index contributed by atoms with van der Waals surface area (Å²) in [5.41, 5.74) is -1.83. The molecule has 1 aliphatic heterocycles. The van der Waals surface area contributed by atoms with Gasteiger partial charge < -0.3 is 10.1 Å². The molecule has 1 amide bonds. The molecule has 1 aliphatic rings. The predicted molar refractivity (Wildman–Crippen MR) is 68.0 cm³/mol. The molecule has 2 atom stereocenters. The Bertz CT molecular complexity index is 638. The lowest BCUT2D eigenvalue weighted by molar-refractivity contribution is -0.150. The molecule has 0 aromatic rings. The SMILES string of the molecule is COC(=O)[C@@]1(COS(C)(=O)=O)C[C@H](OS(C)(=O)=O)C(=O)N1. The minimum absolute atomic E-state index is 0.443. The first kappa shape index (κ1) is 17.8. The molecular formula is C9H15NO9S2. The summed E-state index contributed by atoms with van der Waals surface area (Å²) in [4.78, 5) is 23.5. The molecule has 0 radical (unpaired) electrons. The highest BCUT2D eigenvalue weighted by Gasteiger charge is 2.53. The lowest BCUT2D eigenvalue weighted by Gasteiger charge is -2.24. The lowest BCUT2D eigenvalue weighted by Crippen LogP contribution is -2.53. The van der Waals surface area contributed by atoms with Crippen molar-refractivity contribution >= 4 is 32.1 Å². The second kappa shape index (κ2) is 5.87. The van der Waals surface area contributed by atoms with Gasteiger partial charge in [0.1, 0.15) is 6.61 Å². The topological polar surface area (TPSA) is 142 Å². The van der Waals surface area contributed by atoms with E-state index in [1.54, 1.807) is 0 Å². The Morgan fingerprint density at radius 2 is 1.86 bits per heavy atom. The summed E-state index contributed by atoms with van der Waals surface area (Å²) in [5.74, 6) is -1.86. The molecule has 1 fully saturated rings. The molecule has 0 unspecified atom stereocenters. The third-order valence-corrected chi connectivity index (χ3v) is 3.70. The van der Waals surface area contributed by atoms with E-state index < -0.39 is 56.8 Å².